The summed E-state index contributed by atoms with van der Waals surface area (Å²) in [5.41, 5.74) is 4.53. The van der Waals surface area contributed by atoms with Crippen LogP contribution in [0.1, 0.15) is 29.8 Å². The minimum Gasteiger partial charge on any atom is -0.345 e. The number of hydrogen-bond acceptors (Lipinski definition) is 0. The molecule has 0 atom stereocenters. The van der Waals surface area contributed by atoms with Gasteiger partial charge in [-0.25, -0.2) is 0 Å². The fourth-order valence-electron chi connectivity index (χ4n) is 2.30. The van der Waals surface area contributed by atoms with E-state index < -0.39 is 0 Å². The van der Waals surface area contributed by atoms with Crippen molar-refractivity contribution in [2.45, 2.75) is 39.2 Å². The lowest BCUT2D eigenvalue weighted by Crippen LogP contribution is -2.08. The predicted molar refractivity (Wildman–Crippen MR) is 56.0 cm³/mol. The molecule has 70 valence electrons. The normalized spacial score (nSPS) is 15.5. The number of aryl methyl sites for hydroxylation is 2. The van der Waals surface area contributed by atoms with E-state index in [1.807, 2.05) is 6.08 Å². The topological polar surface area (TPSA) is 4.93 Å². The Labute approximate surface area is 80.1 Å². The van der Waals surface area contributed by atoms with Gasteiger partial charge in [-0.15, -0.1) is 6.58 Å². The van der Waals surface area contributed by atoms with Crippen LogP contribution in [0.15, 0.2) is 18.7 Å². The summed E-state index contributed by atoms with van der Waals surface area (Å²) in [5.74, 6) is 0. The third-order valence-corrected chi connectivity index (χ3v) is 2.93. The molecule has 13 heavy (non-hydrogen) atoms. The lowest BCUT2D eigenvalue weighted by atomic mass is 9.98. The van der Waals surface area contributed by atoms with Crippen molar-refractivity contribution in [3.63, 3.8) is 0 Å². The quantitative estimate of drug-likeness (QED) is 0.609. The second-order valence-electron chi connectivity index (χ2n) is 3.86. The molecule has 1 heteroatoms. The van der Waals surface area contributed by atoms with Gasteiger partial charge in [0.25, 0.3) is 0 Å². The molecule has 0 bridgehead atoms. The molecule has 0 saturated carbocycles. The maximum atomic E-state index is 3.80. The summed E-state index contributed by atoms with van der Waals surface area (Å²) in [6.07, 6.45) is 7.25. The number of nitrogens with zero attached hydrogens (tertiary/aromatic N) is 1. The predicted octanol–water partition coefficient (Wildman–Crippen LogP) is 2.86. The van der Waals surface area contributed by atoms with Gasteiger partial charge in [0.1, 0.15) is 0 Å². The van der Waals surface area contributed by atoms with E-state index in [0.717, 1.165) is 6.54 Å². The molecule has 1 nitrogen and oxygen atoms in total. The number of aromatic nitrogens is 1. The number of hydrogen-bond donors (Lipinski definition) is 0. The van der Waals surface area contributed by atoms with Gasteiger partial charge in [0, 0.05) is 17.9 Å². The maximum Gasteiger partial charge on any atom is 0.0403 e. The van der Waals surface area contributed by atoms with Crippen molar-refractivity contribution in [3.8, 4) is 0 Å². The molecule has 2 rings (SSSR count). The molecule has 0 saturated heterocycles. The van der Waals surface area contributed by atoms with Crippen LogP contribution in [-0.4, -0.2) is 4.57 Å². The van der Waals surface area contributed by atoms with E-state index in [-0.39, 0.29) is 0 Å². The summed E-state index contributed by atoms with van der Waals surface area (Å²) in [7, 11) is 0. The second kappa shape index (κ2) is 3.41. The SMILES string of the molecule is C=CCn1c(C)cc2c1CCCC2. The van der Waals surface area contributed by atoms with Gasteiger partial charge in [-0.1, -0.05) is 6.08 Å². The van der Waals surface area contributed by atoms with Gasteiger partial charge in [-0.2, -0.15) is 0 Å². The van der Waals surface area contributed by atoms with Crippen molar-refractivity contribution in [2.24, 2.45) is 0 Å². The van der Waals surface area contributed by atoms with Gasteiger partial charge >= 0.3 is 0 Å². The third-order valence-electron chi connectivity index (χ3n) is 2.93. The van der Waals surface area contributed by atoms with E-state index in [4.69, 9.17) is 0 Å². The highest BCUT2D eigenvalue weighted by atomic mass is 15.0. The number of allylic oxidation sites excluding steroid dienone is 1. The van der Waals surface area contributed by atoms with Crippen LogP contribution in [0.3, 0.4) is 0 Å². The van der Waals surface area contributed by atoms with Crippen LogP contribution < -0.4 is 0 Å². The lowest BCUT2D eigenvalue weighted by Gasteiger charge is -2.15. The first-order chi connectivity index (χ1) is 6.33. The molecular weight excluding hydrogens is 158 g/mol. The Morgan fingerprint density at radius 2 is 2.23 bits per heavy atom. The molecule has 0 aliphatic heterocycles. The molecular formula is C12H17N. The summed E-state index contributed by atoms with van der Waals surface area (Å²) in [6, 6.07) is 2.35. The van der Waals surface area contributed by atoms with Crippen LogP contribution in [0, 0.1) is 6.92 Å². The van der Waals surface area contributed by atoms with E-state index in [9.17, 15) is 0 Å². The molecule has 1 heterocycles. The average molecular weight is 175 g/mol. The molecule has 0 radical (unpaired) electrons. The average Bonchev–Trinajstić information content (AvgIpc) is 2.44. The Morgan fingerprint density at radius 1 is 1.46 bits per heavy atom. The molecule has 0 spiro atoms. The van der Waals surface area contributed by atoms with Crippen LogP contribution in [-0.2, 0) is 19.4 Å². The molecule has 0 aromatic carbocycles. The van der Waals surface area contributed by atoms with Gasteiger partial charge in [0.05, 0.1) is 0 Å². The Hall–Kier alpha value is -0.980. The van der Waals surface area contributed by atoms with Crippen LogP contribution in [0.2, 0.25) is 0 Å². The monoisotopic (exact) mass is 175 g/mol. The number of fused-ring (bicyclic) bond motifs is 1. The molecule has 0 fully saturated rings. The summed E-state index contributed by atoms with van der Waals surface area (Å²) in [6.45, 7) is 6.97. The first-order valence-corrected chi connectivity index (χ1v) is 5.11. The molecule has 1 aliphatic carbocycles. The van der Waals surface area contributed by atoms with Crippen molar-refractivity contribution in [1.29, 1.82) is 0 Å². The molecule has 0 N–H and O–H groups in total. The van der Waals surface area contributed by atoms with Crippen LogP contribution >= 0.6 is 0 Å². The summed E-state index contributed by atoms with van der Waals surface area (Å²) in [5, 5.41) is 0. The largest absolute Gasteiger partial charge is 0.345 e. The van der Waals surface area contributed by atoms with Crippen LogP contribution in [0.4, 0.5) is 0 Å². The Kier molecular flexibility index (Phi) is 2.26. The fraction of sp³-hybridized carbons (Fsp3) is 0.500. The highest BCUT2D eigenvalue weighted by Gasteiger charge is 2.14. The fourth-order valence-corrected chi connectivity index (χ4v) is 2.30. The van der Waals surface area contributed by atoms with E-state index >= 15 is 0 Å². The zero-order valence-electron chi connectivity index (χ0n) is 8.34. The molecule has 1 aliphatic rings. The lowest BCUT2D eigenvalue weighted by molar-refractivity contribution is 0.630. The van der Waals surface area contributed by atoms with Crippen molar-refractivity contribution in [2.75, 3.05) is 0 Å². The summed E-state index contributed by atoms with van der Waals surface area (Å²) in [4.78, 5) is 0. The minimum atomic E-state index is 0.973. The van der Waals surface area contributed by atoms with Gasteiger partial charge in [-0.05, 0) is 44.2 Å². The first kappa shape index (κ1) is 8.61. The molecule has 0 amide bonds. The third kappa shape index (κ3) is 1.43. The highest BCUT2D eigenvalue weighted by molar-refractivity contribution is 5.30. The van der Waals surface area contributed by atoms with E-state index in [1.165, 1.54) is 31.4 Å². The van der Waals surface area contributed by atoms with Crippen molar-refractivity contribution in [3.05, 3.63) is 35.7 Å². The Bertz CT molecular complexity index is 320. The number of rotatable bonds is 2. The van der Waals surface area contributed by atoms with E-state index in [1.54, 1.807) is 11.3 Å². The van der Waals surface area contributed by atoms with Crippen LogP contribution in [0.25, 0.3) is 0 Å². The highest BCUT2D eigenvalue weighted by Crippen LogP contribution is 2.24. The standard InChI is InChI=1S/C12H17N/c1-3-8-13-10(2)9-11-6-4-5-7-12(11)13/h3,9H,1,4-8H2,2H3. The van der Waals surface area contributed by atoms with Crippen molar-refractivity contribution in [1.82, 2.24) is 4.57 Å². The van der Waals surface area contributed by atoms with Gasteiger partial charge in [-0.3, -0.25) is 0 Å². The summed E-state index contributed by atoms with van der Waals surface area (Å²) < 4.78 is 2.40. The summed E-state index contributed by atoms with van der Waals surface area (Å²) >= 11 is 0. The van der Waals surface area contributed by atoms with Gasteiger partial charge in [0.15, 0.2) is 0 Å². The maximum absolute atomic E-state index is 3.80. The zero-order valence-corrected chi connectivity index (χ0v) is 8.34. The van der Waals surface area contributed by atoms with Gasteiger partial charge < -0.3 is 4.57 Å². The Morgan fingerprint density at radius 3 is 3.00 bits per heavy atom. The zero-order chi connectivity index (χ0) is 9.26. The van der Waals surface area contributed by atoms with E-state index in [2.05, 4.69) is 24.1 Å². The minimum absolute atomic E-state index is 0.973. The van der Waals surface area contributed by atoms with Crippen LogP contribution in [0.5, 0.6) is 0 Å². The van der Waals surface area contributed by atoms with Crippen molar-refractivity contribution >= 4 is 0 Å². The van der Waals surface area contributed by atoms with Crippen molar-refractivity contribution < 1.29 is 0 Å². The van der Waals surface area contributed by atoms with E-state index in [0.29, 0.717) is 0 Å². The smallest absolute Gasteiger partial charge is 0.0403 e. The first-order valence-electron chi connectivity index (χ1n) is 5.11. The second-order valence-corrected chi connectivity index (χ2v) is 3.86. The Balaban J connectivity index is 2.41. The molecule has 1 aromatic heterocycles. The molecule has 1 aromatic rings. The van der Waals surface area contributed by atoms with Gasteiger partial charge in [0.2, 0.25) is 0 Å². The molecule has 0 unspecified atom stereocenters.